The third-order valence-electron chi connectivity index (χ3n) is 3.18. The van der Waals surface area contributed by atoms with Gasteiger partial charge in [-0.05, 0) is 23.6 Å². The summed E-state index contributed by atoms with van der Waals surface area (Å²) in [4.78, 5) is 0. The van der Waals surface area contributed by atoms with Crippen molar-refractivity contribution in [2.75, 3.05) is 7.11 Å². The Bertz CT molecular complexity index is 404. The summed E-state index contributed by atoms with van der Waals surface area (Å²) >= 11 is 0. The monoisotopic (exact) mass is 261 g/mol. The molecule has 0 spiro atoms. The van der Waals surface area contributed by atoms with E-state index >= 15 is 0 Å². The van der Waals surface area contributed by atoms with Gasteiger partial charge in [0.1, 0.15) is 5.75 Å². The highest BCUT2D eigenvalue weighted by molar-refractivity contribution is 5.39. The number of hydrogen-bond acceptors (Lipinski definition) is 2. The van der Waals surface area contributed by atoms with E-state index in [1.165, 1.54) is 19.2 Å². The van der Waals surface area contributed by atoms with Gasteiger partial charge < -0.3 is 10.5 Å². The quantitative estimate of drug-likeness (QED) is 0.895. The van der Waals surface area contributed by atoms with Crippen LogP contribution in [0.2, 0.25) is 0 Å². The van der Waals surface area contributed by atoms with E-state index in [9.17, 15) is 13.2 Å². The van der Waals surface area contributed by atoms with E-state index < -0.39 is 17.8 Å². The molecule has 0 aliphatic heterocycles. The van der Waals surface area contributed by atoms with Gasteiger partial charge >= 0.3 is 6.18 Å². The van der Waals surface area contributed by atoms with E-state index in [1.807, 2.05) is 13.8 Å². The molecule has 1 unspecified atom stereocenters. The van der Waals surface area contributed by atoms with E-state index in [1.54, 1.807) is 0 Å². The molecule has 0 heterocycles. The van der Waals surface area contributed by atoms with Crippen molar-refractivity contribution in [2.24, 2.45) is 11.7 Å². The Balaban J connectivity index is 3.26. The third kappa shape index (κ3) is 3.16. The molecule has 1 rings (SSSR count). The molecule has 0 bridgehead atoms. The van der Waals surface area contributed by atoms with Gasteiger partial charge in [-0.15, -0.1) is 0 Å². The fourth-order valence-electron chi connectivity index (χ4n) is 1.76. The molecule has 1 aromatic rings. The standard InChI is InChI=1S/C13H18F3NO/c1-4-8(2)12(17)10-6-5-9(18-3)7-11(10)13(14,15)16/h5-8,12H,4,17H2,1-3H3/t8?,12-/m0/s1. The van der Waals surface area contributed by atoms with Gasteiger partial charge in [-0.3, -0.25) is 0 Å². The highest BCUT2D eigenvalue weighted by atomic mass is 19.4. The largest absolute Gasteiger partial charge is 0.497 e. The molecule has 18 heavy (non-hydrogen) atoms. The second kappa shape index (κ2) is 5.61. The van der Waals surface area contributed by atoms with Crippen LogP contribution >= 0.6 is 0 Å². The molecule has 0 saturated carbocycles. The summed E-state index contributed by atoms with van der Waals surface area (Å²) in [6.07, 6.45) is -3.69. The van der Waals surface area contributed by atoms with Crippen LogP contribution < -0.4 is 10.5 Å². The zero-order valence-corrected chi connectivity index (χ0v) is 10.7. The average Bonchev–Trinajstić information content (AvgIpc) is 2.35. The van der Waals surface area contributed by atoms with Crippen molar-refractivity contribution in [3.8, 4) is 5.75 Å². The van der Waals surface area contributed by atoms with Gasteiger partial charge in [-0.1, -0.05) is 26.3 Å². The topological polar surface area (TPSA) is 35.2 Å². The van der Waals surface area contributed by atoms with Crippen molar-refractivity contribution >= 4 is 0 Å². The van der Waals surface area contributed by atoms with E-state index in [0.29, 0.717) is 0 Å². The fraction of sp³-hybridized carbons (Fsp3) is 0.538. The number of methoxy groups -OCH3 is 1. The van der Waals surface area contributed by atoms with Crippen molar-refractivity contribution in [1.29, 1.82) is 0 Å². The Kier molecular flexibility index (Phi) is 4.62. The maximum atomic E-state index is 13.0. The number of ether oxygens (including phenoxy) is 1. The first-order valence-electron chi connectivity index (χ1n) is 5.82. The first kappa shape index (κ1) is 14.8. The van der Waals surface area contributed by atoms with Crippen molar-refractivity contribution in [1.82, 2.24) is 0 Å². The molecule has 0 amide bonds. The van der Waals surface area contributed by atoms with Crippen LogP contribution in [0.15, 0.2) is 18.2 Å². The second-order valence-electron chi connectivity index (χ2n) is 4.36. The van der Waals surface area contributed by atoms with Gasteiger partial charge in [0.2, 0.25) is 0 Å². The Hall–Kier alpha value is -1.23. The summed E-state index contributed by atoms with van der Waals surface area (Å²) in [5, 5.41) is 0. The lowest BCUT2D eigenvalue weighted by atomic mass is 9.90. The number of benzene rings is 1. The zero-order valence-electron chi connectivity index (χ0n) is 10.7. The fourth-order valence-corrected chi connectivity index (χ4v) is 1.76. The van der Waals surface area contributed by atoms with Gasteiger partial charge in [-0.25, -0.2) is 0 Å². The molecule has 0 fully saturated rings. The van der Waals surface area contributed by atoms with Crippen LogP contribution in [0, 0.1) is 5.92 Å². The lowest BCUT2D eigenvalue weighted by Gasteiger charge is -2.23. The molecule has 0 radical (unpaired) electrons. The molecule has 102 valence electrons. The molecule has 0 aromatic heterocycles. The van der Waals surface area contributed by atoms with Crippen LogP contribution in [0.1, 0.15) is 37.4 Å². The molecule has 2 atom stereocenters. The molecule has 2 N–H and O–H groups in total. The smallest absolute Gasteiger partial charge is 0.416 e. The summed E-state index contributed by atoms with van der Waals surface area (Å²) in [5.41, 5.74) is 5.31. The van der Waals surface area contributed by atoms with Gasteiger partial charge in [0.15, 0.2) is 0 Å². The van der Waals surface area contributed by atoms with Crippen molar-refractivity contribution in [2.45, 2.75) is 32.5 Å². The van der Waals surface area contributed by atoms with Gasteiger partial charge in [0.25, 0.3) is 0 Å². The molecule has 5 heteroatoms. The molecule has 0 aliphatic carbocycles. The molecule has 0 aliphatic rings. The predicted octanol–water partition coefficient (Wildman–Crippen LogP) is 3.76. The number of rotatable bonds is 4. The number of alkyl halides is 3. The van der Waals surface area contributed by atoms with E-state index in [4.69, 9.17) is 10.5 Å². The zero-order chi connectivity index (χ0) is 13.9. The molecular formula is C13H18F3NO. The third-order valence-corrected chi connectivity index (χ3v) is 3.18. The summed E-state index contributed by atoms with van der Waals surface area (Å²) in [6, 6.07) is 3.28. The van der Waals surface area contributed by atoms with Crippen LogP contribution in [0.3, 0.4) is 0 Å². The Morgan fingerprint density at radius 2 is 1.94 bits per heavy atom. The summed E-state index contributed by atoms with van der Waals surface area (Å²) in [6.45, 7) is 3.75. The lowest BCUT2D eigenvalue weighted by Crippen LogP contribution is -2.22. The average molecular weight is 261 g/mol. The molecular weight excluding hydrogens is 243 g/mol. The Morgan fingerprint density at radius 3 is 2.39 bits per heavy atom. The first-order chi connectivity index (χ1) is 8.31. The predicted molar refractivity (Wildman–Crippen MR) is 64.4 cm³/mol. The summed E-state index contributed by atoms with van der Waals surface area (Å²) < 4.78 is 43.8. The Labute approximate surface area is 105 Å². The van der Waals surface area contributed by atoms with E-state index in [-0.39, 0.29) is 17.2 Å². The Morgan fingerprint density at radius 1 is 1.33 bits per heavy atom. The molecule has 1 aromatic carbocycles. The molecule has 0 saturated heterocycles. The lowest BCUT2D eigenvalue weighted by molar-refractivity contribution is -0.138. The minimum atomic E-state index is -4.42. The molecule has 2 nitrogen and oxygen atoms in total. The van der Waals surface area contributed by atoms with Crippen molar-refractivity contribution < 1.29 is 17.9 Å². The first-order valence-corrected chi connectivity index (χ1v) is 5.82. The highest BCUT2D eigenvalue weighted by Gasteiger charge is 2.35. The van der Waals surface area contributed by atoms with Gasteiger partial charge in [-0.2, -0.15) is 13.2 Å². The van der Waals surface area contributed by atoms with Gasteiger partial charge in [0.05, 0.1) is 12.7 Å². The second-order valence-corrected chi connectivity index (χ2v) is 4.36. The maximum Gasteiger partial charge on any atom is 0.416 e. The summed E-state index contributed by atoms with van der Waals surface area (Å²) in [7, 11) is 1.34. The SMILES string of the molecule is CCC(C)[C@H](N)c1ccc(OC)cc1C(F)(F)F. The van der Waals surface area contributed by atoms with Crippen LogP contribution in [-0.4, -0.2) is 7.11 Å². The van der Waals surface area contributed by atoms with Crippen molar-refractivity contribution in [3.63, 3.8) is 0 Å². The minimum Gasteiger partial charge on any atom is -0.497 e. The van der Waals surface area contributed by atoms with Crippen LogP contribution in [0.4, 0.5) is 13.2 Å². The highest BCUT2D eigenvalue weighted by Crippen LogP contribution is 2.38. The maximum absolute atomic E-state index is 13.0. The van der Waals surface area contributed by atoms with Crippen LogP contribution in [0.5, 0.6) is 5.75 Å². The number of hydrogen-bond donors (Lipinski definition) is 1. The van der Waals surface area contributed by atoms with Crippen LogP contribution in [-0.2, 0) is 6.18 Å². The summed E-state index contributed by atoms with van der Waals surface area (Å²) in [5.74, 6) is 0.168. The normalized spacial score (nSPS) is 15.3. The van der Waals surface area contributed by atoms with E-state index in [2.05, 4.69) is 0 Å². The number of nitrogens with two attached hydrogens (primary N) is 1. The van der Waals surface area contributed by atoms with Crippen molar-refractivity contribution in [3.05, 3.63) is 29.3 Å². The van der Waals surface area contributed by atoms with Crippen LogP contribution in [0.25, 0.3) is 0 Å². The van der Waals surface area contributed by atoms with Gasteiger partial charge in [0, 0.05) is 6.04 Å². The minimum absolute atomic E-state index is 0.0144. The number of halogens is 3. The van der Waals surface area contributed by atoms with E-state index in [0.717, 1.165) is 12.5 Å².